The SMILES string of the molecule is NC(=O)[C@H](Cc1ccc([N+](=O)[O-])cc1)NC(=O)C1c2ccccc2-c2ccccc21. The Balaban J connectivity index is 1.58. The molecular formula is C23H19N3O4. The highest BCUT2D eigenvalue weighted by Crippen LogP contribution is 2.44. The summed E-state index contributed by atoms with van der Waals surface area (Å²) in [4.78, 5) is 35.5. The third-order valence-electron chi connectivity index (χ3n) is 5.34. The largest absolute Gasteiger partial charge is 0.368 e. The van der Waals surface area contributed by atoms with Gasteiger partial charge in [0.2, 0.25) is 11.8 Å². The number of non-ortho nitro benzene ring substituents is 1. The molecular weight excluding hydrogens is 382 g/mol. The number of benzene rings is 3. The number of nitrogens with one attached hydrogen (secondary N) is 1. The van der Waals surface area contributed by atoms with Crippen molar-refractivity contribution in [2.75, 3.05) is 0 Å². The Labute approximate surface area is 172 Å². The van der Waals surface area contributed by atoms with E-state index in [9.17, 15) is 19.7 Å². The lowest BCUT2D eigenvalue weighted by atomic mass is 9.95. The van der Waals surface area contributed by atoms with Crippen LogP contribution in [-0.4, -0.2) is 22.8 Å². The third-order valence-corrected chi connectivity index (χ3v) is 5.34. The van der Waals surface area contributed by atoms with Crippen molar-refractivity contribution in [3.8, 4) is 11.1 Å². The molecule has 1 atom stereocenters. The van der Waals surface area contributed by atoms with Crippen LogP contribution in [0.1, 0.15) is 22.6 Å². The van der Waals surface area contributed by atoms with Gasteiger partial charge in [-0.2, -0.15) is 0 Å². The molecule has 7 nitrogen and oxygen atoms in total. The second kappa shape index (κ2) is 7.79. The van der Waals surface area contributed by atoms with Crippen LogP contribution in [-0.2, 0) is 16.0 Å². The maximum absolute atomic E-state index is 13.2. The van der Waals surface area contributed by atoms with Crippen LogP contribution in [0.4, 0.5) is 5.69 Å². The Morgan fingerprint density at radius 2 is 1.47 bits per heavy atom. The van der Waals surface area contributed by atoms with Crippen LogP contribution in [0, 0.1) is 10.1 Å². The lowest BCUT2D eigenvalue weighted by molar-refractivity contribution is -0.384. The molecule has 0 heterocycles. The number of fused-ring (bicyclic) bond motifs is 3. The summed E-state index contributed by atoms with van der Waals surface area (Å²) in [6, 6.07) is 20.3. The number of rotatable bonds is 6. The van der Waals surface area contributed by atoms with Gasteiger partial charge in [-0.25, -0.2) is 0 Å². The predicted octanol–water partition coefficient (Wildman–Crippen LogP) is 2.92. The molecule has 1 aliphatic carbocycles. The summed E-state index contributed by atoms with van der Waals surface area (Å²) in [7, 11) is 0. The number of primary amides is 1. The van der Waals surface area contributed by atoms with Crippen LogP contribution in [0.3, 0.4) is 0 Å². The zero-order valence-electron chi connectivity index (χ0n) is 15.9. The van der Waals surface area contributed by atoms with Gasteiger partial charge in [0.05, 0.1) is 10.8 Å². The smallest absolute Gasteiger partial charge is 0.269 e. The first-order chi connectivity index (χ1) is 14.5. The van der Waals surface area contributed by atoms with Crippen molar-refractivity contribution in [3.63, 3.8) is 0 Å². The summed E-state index contributed by atoms with van der Waals surface area (Å²) in [6.45, 7) is 0. The Bertz CT molecular complexity index is 1100. The summed E-state index contributed by atoms with van der Waals surface area (Å²) in [5.41, 5.74) is 9.92. The van der Waals surface area contributed by atoms with Crippen molar-refractivity contribution in [2.45, 2.75) is 18.4 Å². The molecule has 150 valence electrons. The van der Waals surface area contributed by atoms with Crippen molar-refractivity contribution in [3.05, 3.63) is 99.6 Å². The van der Waals surface area contributed by atoms with Crippen LogP contribution in [0.2, 0.25) is 0 Å². The number of carbonyl (C=O) groups is 2. The van der Waals surface area contributed by atoms with E-state index in [0.29, 0.717) is 5.56 Å². The first kappa shape index (κ1) is 19.3. The Morgan fingerprint density at radius 1 is 0.933 bits per heavy atom. The molecule has 3 aromatic carbocycles. The standard InChI is InChI=1S/C23H19N3O4/c24-22(27)20(13-14-9-11-15(12-10-14)26(29)30)25-23(28)21-18-7-3-1-5-16(18)17-6-2-4-8-19(17)21/h1-12,20-21H,13H2,(H2,24,27)(H,25,28)/t20-/m0/s1. The molecule has 2 amide bonds. The van der Waals surface area contributed by atoms with E-state index in [-0.39, 0.29) is 18.0 Å². The minimum absolute atomic E-state index is 0.0439. The summed E-state index contributed by atoms with van der Waals surface area (Å²) < 4.78 is 0. The van der Waals surface area contributed by atoms with Crippen molar-refractivity contribution in [1.82, 2.24) is 5.32 Å². The summed E-state index contributed by atoms with van der Waals surface area (Å²) >= 11 is 0. The highest BCUT2D eigenvalue weighted by atomic mass is 16.6. The molecule has 0 unspecified atom stereocenters. The first-order valence-electron chi connectivity index (χ1n) is 9.47. The van der Waals surface area contributed by atoms with Gasteiger partial charge in [-0.05, 0) is 27.8 Å². The van der Waals surface area contributed by atoms with Crippen LogP contribution >= 0.6 is 0 Å². The molecule has 0 radical (unpaired) electrons. The van der Waals surface area contributed by atoms with Gasteiger partial charge in [0, 0.05) is 18.6 Å². The van der Waals surface area contributed by atoms with Crippen molar-refractivity contribution < 1.29 is 14.5 Å². The molecule has 0 saturated heterocycles. The predicted molar refractivity (Wildman–Crippen MR) is 112 cm³/mol. The number of nitrogens with two attached hydrogens (primary N) is 1. The summed E-state index contributed by atoms with van der Waals surface area (Å²) in [6.07, 6.45) is 0.148. The second-order valence-electron chi connectivity index (χ2n) is 7.20. The van der Waals surface area contributed by atoms with E-state index in [4.69, 9.17) is 5.73 Å². The molecule has 0 aliphatic heterocycles. The Morgan fingerprint density at radius 3 is 1.97 bits per heavy atom. The third kappa shape index (κ3) is 3.53. The summed E-state index contributed by atoms with van der Waals surface area (Å²) in [5, 5.41) is 13.6. The van der Waals surface area contributed by atoms with Crippen LogP contribution in [0.25, 0.3) is 11.1 Å². The molecule has 0 aromatic heterocycles. The maximum Gasteiger partial charge on any atom is 0.269 e. The fourth-order valence-electron chi connectivity index (χ4n) is 3.91. The quantitative estimate of drug-likeness (QED) is 0.488. The van der Waals surface area contributed by atoms with E-state index in [1.807, 2.05) is 48.5 Å². The lowest BCUT2D eigenvalue weighted by Crippen LogP contribution is -2.47. The lowest BCUT2D eigenvalue weighted by Gasteiger charge is -2.20. The van der Waals surface area contributed by atoms with Gasteiger partial charge in [-0.15, -0.1) is 0 Å². The highest BCUT2D eigenvalue weighted by molar-refractivity contribution is 5.98. The maximum atomic E-state index is 13.2. The van der Waals surface area contributed by atoms with E-state index in [1.165, 1.54) is 12.1 Å². The van der Waals surface area contributed by atoms with Gasteiger partial charge in [0.25, 0.3) is 5.69 Å². The number of nitro benzene ring substituents is 1. The van der Waals surface area contributed by atoms with E-state index in [0.717, 1.165) is 22.3 Å². The first-order valence-corrected chi connectivity index (χ1v) is 9.47. The highest BCUT2D eigenvalue weighted by Gasteiger charge is 2.34. The van der Waals surface area contributed by atoms with Crippen LogP contribution in [0.15, 0.2) is 72.8 Å². The van der Waals surface area contributed by atoms with Crippen molar-refractivity contribution in [1.29, 1.82) is 0 Å². The van der Waals surface area contributed by atoms with Crippen molar-refractivity contribution >= 4 is 17.5 Å². The zero-order chi connectivity index (χ0) is 21.3. The number of nitro groups is 1. The molecule has 0 spiro atoms. The Kier molecular flexibility index (Phi) is 5.02. The molecule has 0 saturated carbocycles. The van der Waals surface area contributed by atoms with Crippen molar-refractivity contribution in [2.24, 2.45) is 5.73 Å². The number of carbonyl (C=O) groups excluding carboxylic acids is 2. The van der Waals surface area contributed by atoms with Gasteiger partial charge < -0.3 is 11.1 Å². The number of nitrogens with zero attached hydrogens (tertiary/aromatic N) is 1. The zero-order valence-corrected chi connectivity index (χ0v) is 15.9. The fraction of sp³-hybridized carbons (Fsp3) is 0.130. The molecule has 0 fully saturated rings. The van der Waals surface area contributed by atoms with Gasteiger partial charge in [0.1, 0.15) is 6.04 Å². The molecule has 1 aliphatic rings. The van der Waals surface area contributed by atoms with Gasteiger partial charge >= 0.3 is 0 Å². The van der Waals surface area contributed by atoms with Crippen LogP contribution in [0.5, 0.6) is 0 Å². The van der Waals surface area contributed by atoms with Gasteiger partial charge in [0.15, 0.2) is 0 Å². The topological polar surface area (TPSA) is 115 Å². The molecule has 30 heavy (non-hydrogen) atoms. The normalized spacial score (nSPS) is 13.2. The van der Waals surface area contributed by atoms with E-state index in [2.05, 4.69) is 5.32 Å². The average Bonchev–Trinajstić information content (AvgIpc) is 3.08. The minimum atomic E-state index is -0.932. The molecule has 0 bridgehead atoms. The Hall–Kier alpha value is -4.00. The molecule has 7 heteroatoms. The van der Waals surface area contributed by atoms with Crippen LogP contribution < -0.4 is 11.1 Å². The molecule has 3 aromatic rings. The molecule has 3 N–H and O–H groups in total. The number of hydrogen-bond donors (Lipinski definition) is 2. The van der Waals surface area contributed by atoms with Gasteiger partial charge in [-0.3, -0.25) is 19.7 Å². The molecule has 4 rings (SSSR count). The number of hydrogen-bond acceptors (Lipinski definition) is 4. The van der Waals surface area contributed by atoms with E-state index in [1.54, 1.807) is 12.1 Å². The second-order valence-corrected chi connectivity index (χ2v) is 7.20. The summed E-state index contributed by atoms with van der Waals surface area (Å²) in [5.74, 6) is -1.50. The van der Waals surface area contributed by atoms with E-state index < -0.39 is 22.8 Å². The monoisotopic (exact) mass is 401 g/mol. The minimum Gasteiger partial charge on any atom is -0.368 e. The van der Waals surface area contributed by atoms with Gasteiger partial charge in [-0.1, -0.05) is 60.7 Å². The number of amides is 2. The van der Waals surface area contributed by atoms with E-state index >= 15 is 0 Å². The average molecular weight is 401 g/mol. The fourth-order valence-corrected chi connectivity index (χ4v) is 3.91.